The number of benzene rings is 1. The fourth-order valence-corrected chi connectivity index (χ4v) is 2.76. The first-order valence-electron chi connectivity index (χ1n) is 6.84. The van der Waals surface area contributed by atoms with Gasteiger partial charge in [0.05, 0.1) is 5.60 Å². The summed E-state index contributed by atoms with van der Waals surface area (Å²) in [5, 5.41) is 3.27. The molecule has 1 aliphatic carbocycles. The molecule has 1 atom stereocenters. The highest BCUT2D eigenvalue weighted by Gasteiger charge is 2.39. The Bertz CT molecular complexity index is 427. The molecule has 4 heteroatoms. The smallest absolute Gasteiger partial charge is 0.130 e. The first-order valence-corrected chi connectivity index (χ1v) is 6.84. The molecule has 1 aliphatic rings. The van der Waals surface area contributed by atoms with Crippen LogP contribution in [0.4, 0.5) is 8.78 Å². The second kappa shape index (κ2) is 5.97. The second-order valence-corrected chi connectivity index (χ2v) is 5.22. The Labute approximate surface area is 113 Å². The van der Waals surface area contributed by atoms with E-state index in [1.54, 1.807) is 7.11 Å². The van der Waals surface area contributed by atoms with Gasteiger partial charge in [-0.05, 0) is 38.3 Å². The summed E-state index contributed by atoms with van der Waals surface area (Å²) in [6.07, 6.45) is 3.89. The Hall–Kier alpha value is -1.00. The van der Waals surface area contributed by atoms with Crippen molar-refractivity contribution >= 4 is 0 Å². The van der Waals surface area contributed by atoms with Crippen LogP contribution in [-0.4, -0.2) is 19.3 Å². The standard InChI is InChI=1S/C15H21F2NO/c1-3-18-14(10-15(19-2)7-4-8-15)12-6-5-11(16)9-13(12)17/h5-6,9,14,18H,3-4,7-8,10H2,1-2H3. The van der Waals surface area contributed by atoms with Crippen molar-refractivity contribution in [3.8, 4) is 0 Å². The molecule has 19 heavy (non-hydrogen) atoms. The number of ether oxygens (including phenoxy) is 1. The molecule has 0 bridgehead atoms. The fraction of sp³-hybridized carbons (Fsp3) is 0.600. The summed E-state index contributed by atoms with van der Waals surface area (Å²) in [7, 11) is 1.71. The molecule has 1 fully saturated rings. The molecule has 2 nitrogen and oxygen atoms in total. The molecule has 1 aromatic carbocycles. The molecule has 106 valence electrons. The largest absolute Gasteiger partial charge is 0.378 e. The van der Waals surface area contributed by atoms with Crippen molar-refractivity contribution in [3.05, 3.63) is 35.4 Å². The van der Waals surface area contributed by atoms with E-state index in [1.165, 1.54) is 12.1 Å². The maximum Gasteiger partial charge on any atom is 0.130 e. The van der Waals surface area contributed by atoms with Gasteiger partial charge in [-0.2, -0.15) is 0 Å². The van der Waals surface area contributed by atoms with Crippen LogP contribution < -0.4 is 5.32 Å². The van der Waals surface area contributed by atoms with Gasteiger partial charge in [0.15, 0.2) is 0 Å². The predicted molar refractivity (Wildman–Crippen MR) is 71.0 cm³/mol. The normalized spacial score (nSPS) is 18.9. The van der Waals surface area contributed by atoms with Crippen molar-refractivity contribution in [1.82, 2.24) is 5.32 Å². The Balaban J connectivity index is 2.19. The van der Waals surface area contributed by atoms with E-state index < -0.39 is 11.6 Å². The first kappa shape index (κ1) is 14.4. The molecule has 1 aromatic rings. The lowest BCUT2D eigenvalue weighted by Crippen LogP contribution is -2.43. The summed E-state index contributed by atoms with van der Waals surface area (Å²) in [5.41, 5.74) is 0.375. The molecule has 1 N–H and O–H groups in total. The minimum atomic E-state index is -0.540. The lowest BCUT2D eigenvalue weighted by atomic mass is 9.74. The van der Waals surface area contributed by atoms with Gasteiger partial charge in [-0.25, -0.2) is 8.78 Å². The van der Waals surface area contributed by atoms with Gasteiger partial charge in [0, 0.05) is 24.8 Å². The topological polar surface area (TPSA) is 21.3 Å². The third-order valence-electron chi connectivity index (χ3n) is 4.06. The molecule has 1 saturated carbocycles. The fourth-order valence-electron chi connectivity index (χ4n) is 2.76. The van der Waals surface area contributed by atoms with Crippen molar-refractivity contribution < 1.29 is 13.5 Å². The van der Waals surface area contributed by atoms with Gasteiger partial charge >= 0.3 is 0 Å². The van der Waals surface area contributed by atoms with Crippen molar-refractivity contribution in [2.75, 3.05) is 13.7 Å². The van der Waals surface area contributed by atoms with Crippen LogP contribution in [-0.2, 0) is 4.74 Å². The van der Waals surface area contributed by atoms with Crippen molar-refractivity contribution in [2.45, 2.75) is 44.2 Å². The van der Waals surface area contributed by atoms with Crippen LogP contribution in [0.5, 0.6) is 0 Å². The zero-order valence-electron chi connectivity index (χ0n) is 11.5. The van der Waals surface area contributed by atoms with Crippen LogP contribution in [0.1, 0.15) is 44.2 Å². The SMILES string of the molecule is CCNC(CC1(OC)CCC1)c1ccc(F)cc1F. The second-order valence-electron chi connectivity index (χ2n) is 5.22. The zero-order valence-corrected chi connectivity index (χ0v) is 11.5. The molecule has 0 heterocycles. The summed E-state index contributed by atoms with van der Waals surface area (Å²) in [6.45, 7) is 2.72. The number of methoxy groups -OCH3 is 1. The monoisotopic (exact) mass is 269 g/mol. The third-order valence-corrected chi connectivity index (χ3v) is 4.06. The summed E-state index contributed by atoms with van der Waals surface area (Å²) in [6, 6.07) is 3.65. The van der Waals surface area contributed by atoms with E-state index in [9.17, 15) is 8.78 Å². The highest BCUT2D eigenvalue weighted by Crippen LogP contribution is 2.42. The van der Waals surface area contributed by atoms with E-state index in [4.69, 9.17) is 4.74 Å². The summed E-state index contributed by atoms with van der Waals surface area (Å²) in [5.74, 6) is -1.03. The van der Waals surface area contributed by atoms with E-state index in [-0.39, 0.29) is 11.6 Å². The van der Waals surface area contributed by atoms with Gasteiger partial charge in [-0.15, -0.1) is 0 Å². The summed E-state index contributed by atoms with van der Waals surface area (Å²) < 4.78 is 32.5. The van der Waals surface area contributed by atoms with Crippen LogP contribution in [0.25, 0.3) is 0 Å². The zero-order chi connectivity index (χ0) is 13.9. The van der Waals surface area contributed by atoms with Crippen molar-refractivity contribution in [1.29, 1.82) is 0 Å². The average Bonchev–Trinajstić information content (AvgIpc) is 2.33. The van der Waals surface area contributed by atoms with Crippen LogP contribution in [0.3, 0.4) is 0 Å². The third kappa shape index (κ3) is 3.12. The maximum atomic E-state index is 13.9. The number of hydrogen-bond acceptors (Lipinski definition) is 2. The molecule has 0 amide bonds. The number of halogens is 2. The van der Waals surface area contributed by atoms with Gasteiger partial charge in [0.1, 0.15) is 11.6 Å². The average molecular weight is 269 g/mol. The van der Waals surface area contributed by atoms with Crippen LogP contribution >= 0.6 is 0 Å². The molecule has 0 aromatic heterocycles. The molecule has 0 spiro atoms. The Morgan fingerprint density at radius 3 is 2.58 bits per heavy atom. The number of nitrogens with one attached hydrogen (secondary N) is 1. The van der Waals surface area contributed by atoms with Crippen molar-refractivity contribution in [3.63, 3.8) is 0 Å². The Morgan fingerprint density at radius 1 is 1.37 bits per heavy atom. The van der Waals surface area contributed by atoms with Gasteiger partial charge in [0.2, 0.25) is 0 Å². The molecule has 1 unspecified atom stereocenters. The van der Waals surface area contributed by atoms with Gasteiger partial charge in [-0.3, -0.25) is 0 Å². The minimum absolute atomic E-state index is 0.133. The van der Waals surface area contributed by atoms with E-state index in [1.807, 2.05) is 6.92 Å². The lowest BCUT2D eigenvalue weighted by molar-refractivity contribution is -0.0839. The Kier molecular flexibility index (Phi) is 4.53. The molecular weight excluding hydrogens is 248 g/mol. The highest BCUT2D eigenvalue weighted by atomic mass is 19.1. The quantitative estimate of drug-likeness (QED) is 0.852. The molecule has 0 saturated heterocycles. The summed E-state index contributed by atoms with van der Waals surface area (Å²) in [4.78, 5) is 0. The molecule has 0 radical (unpaired) electrons. The lowest BCUT2D eigenvalue weighted by Gasteiger charge is -2.43. The van der Waals surface area contributed by atoms with Crippen LogP contribution in [0.2, 0.25) is 0 Å². The minimum Gasteiger partial charge on any atom is -0.378 e. The number of hydrogen-bond donors (Lipinski definition) is 1. The van der Waals surface area contributed by atoms with E-state index >= 15 is 0 Å². The Morgan fingerprint density at radius 2 is 2.11 bits per heavy atom. The van der Waals surface area contributed by atoms with E-state index in [0.29, 0.717) is 5.56 Å². The molecule has 2 rings (SSSR count). The van der Waals surface area contributed by atoms with Gasteiger partial charge < -0.3 is 10.1 Å². The van der Waals surface area contributed by atoms with Crippen molar-refractivity contribution in [2.24, 2.45) is 0 Å². The van der Waals surface area contributed by atoms with Gasteiger partial charge in [0.25, 0.3) is 0 Å². The molecular formula is C15H21F2NO. The van der Waals surface area contributed by atoms with Crippen LogP contribution in [0.15, 0.2) is 18.2 Å². The first-order chi connectivity index (χ1) is 9.10. The summed E-state index contributed by atoms with van der Waals surface area (Å²) >= 11 is 0. The van der Waals surface area contributed by atoms with E-state index in [2.05, 4.69) is 5.32 Å². The van der Waals surface area contributed by atoms with Crippen LogP contribution in [0, 0.1) is 11.6 Å². The molecule has 0 aliphatic heterocycles. The number of rotatable bonds is 6. The van der Waals surface area contributed by atoms with Gasteiger partial charge in [-0.1, -0.05) is 13.0 Å². The maximum absolute atomic E-state index is 13.9. The predicted octanol–water partition coefficient (Wildman–Crippen LogP) is 3.57. The van der Waals surface area contributed by atoms with E-state index in [0.717, 1.165) is 38.3 Å². The highest BCUT2D eigenvalue weighted by molar-refractivity contribution is 5.23.